The Hall–Kier alpha value is -1.66. The summed E-state index contributed by atoms with van der Waals surface area (Å²) in [5, 5.41) is 12.2. The molecular formula is C12H16ClN5O. The predicted molar refractivity (Wildman–Crippen MR) is 73.8 cm³/mol. The van der Waals surface area contributed by atoms with Gasteiger partial charge in [0.25, 0.3) is 0 Å². The van der Waals surface area contributed by atoms with Crippen molar-refractivity contribution in [2.75, 3.05) is 12.3 Å². The molecule has 0 radical (unpaired) electrons. The summed E-state index contributed by atoms with van der Waals surface area (Å²) < 4.78 is 7.16. The molecule has 0 bridgehead atoms. The van der Waals surface area contributed by atoms with Crippen molar-refractivity contribution in [2.24, 2.45) is 0 Å². The van der Waals surface area contributed by atoms with Crippen LogP contribution < -0.4 is 5.73 Å². The molecule has 1 aromatic carbocycles. The van der Waals surface area contributed by atoms with E-state index in [9.17, 15) is 0 Å². The number of anilines is 1. The molecular weight excluding hydrogens is 266 g/mol. The molecule has 2 rings (SSSR count). The van der Waals surface area contributed by atoms with Gasteiger partial charge >= 0.3 is 0 Å². The lowest BCUT2D eigenvalue weighted by molar-refractivity contribution is 0.0709. The minimum absolute atomic E-state index is 0.181. The number of aromatic nitrogens is 4. The maximum atomic E-state index is 5.93. The molecule has 0 spiro atoms. The van der Waals surface area contributed by atoms with E-state index in [-0.39, 0.29) is 6.10 Å². The van der Waals surface area contributed by atoms with Gasteiger partial charge in [0.15, 0.2) is 5.82 Å². The molecule has 2 aromatic rings. The molecule has 7 heteroatoms. The highest BCUT2D eigenvalue weighted by Crippen LogP contribution is 2.26. The highest BCUT2D eigenvalue weighted by Gasteiger charge is 2.12. The number of hydrogen-bond donors (Lipinski definition) is 1. The summed E-state index contributed by atoms with van der Waals surface area (Å²) in [6.07, 6.45) is 0.181. The van der Waals surface area contributed by atoms with Gasteiger partial charge in [-0.3, -0.25) is 0 Å². The largest absolute Gasteiger partial charge is 0.398 e. The molecule has 0 amide bonds. The second-order valence-electron chi connectivity index (χ2n) is 4.38. The van der Waals surface area contributed by atoms with Gasteiger partial charge in [-0.25, -0.2) is 4.68 Å². The Labute approximate surface area is 116 Å². The average Bonchev–Trinajstić information content (AvgIpc) is 2.77. The van der Waals surface area contributed by atoms with E-state index in [1.54, 1.807) is 16.8 Å². The first-order valence-corrected chi connectivity index (χ1v) is 6.39. The van der Waals surface area contributed by atoms with Crippen molar-refractivity contribution in [3.05, 3.63) is 23.2 Å². The fraction of sp³-hybridized carbons (Fsp3) is 0.417. The van der Waals surface area contributed by atoms with Gasteiger partial charge in [0.1, 0.15) is 0 Å². The zero-order valence-electron chi connectivity index (χ0n) is 10.9. The number of nitrogen functional groups attached to an aromatic ring is 1. The minimum atomic E-state index is 0.181. The van der Waals surface area contributed by atoms with Crippen LogP contribution in [0.2, 0.25) is 5.02 Å². The van der Waals surface area contributed by atoms with Crippen molar-refractivity contribution in [1.82, 2.24) is 20.2 Å². The Morgan fingerprint density at radius 2 is 2.21 bits per heavy atom. The quantitative estimate of drug-likeness (QED) is 0.848. The minimum Gasteiger partial charge on any atom is -0.398 e. The number of tetrazole rings is 1. The first-order valence-electron chi connectivity index (χ1n) is 6.01. The Bertz CT molecular complexity index is 555. The van der Waals surface area contributed by atoms with Crippen LogP contribution >= 0.6 is 11.6 Å². The third kappa shape index (κ3) is 3.42. The van der Waals surface area contributed by atoms with Crippen LogP contribution in [0.3, 0.4) is 0 Å². The Kier molecular flexibility index (Phi) is 4.34. The number of benzene rings is 1. The Balaban J connectivity index is 2.19. The van der Waals surface area contributed by atoms with Crippen molar-refractivity contribution >= 4 is 17.3 Å². The average molecular weight is 282 g/mol. The second kappa shape index (κ2) is 5.99. The molecule has 0 saturated heterocycles. The standard InChI is InChI=1S/C12H16ClN5O/c1-8(2)19-6-5-18-12(15-16-17-18)10-4-3-9(13)7-11(10)14/h3-4,7-8H,5-6,14H2,1-2H3. The summed E-state index contributed by atoms with van der Waals surface area (Å²) in [5.74, 6) is 0.613. The zero-order chi connectivity index (χ0) is 13.8. The van der Waals surface area contributed by atoms with Gasteiger partial charge < -0.3 is 10.5 Å². The van der Waals surface area contributed by atoms with Gasteiger partial charge in [-0.1, -0.05) is 11.6 Å². The number of hydrogen-bond acceptors (Lipinski definition) is 5. The summed E-state index contributed by atoms with van der Waals surface area (Å²) in [6, 6.07) is 5.25. The van der Waals surface area contributed by atoms with Crippen molar-refractivity contribution in [2.45, 2.75) is 26.5 Å². The number of ether oxygens (including phenoxy) is 1. The molecule has 1 heterocycles. The third-order valence-corrected chi connectivity index (χ3v) is 2.78. The highest BCUT2D eigenvalue weighted by atomic mass is 35.5. The molecule has 0 aliphatic carbocycles. The SMILES string of the molecule is CC(C)OCCn1nnnc1-c1ccc(Cl)cc1N. The number of nitrogens with two attached hydrogens (primary N) is 1. The molecule has 0 aliphatic rings. The molecule has 2 N–H and O–H groups in total. The Morgan fingerprint density at radius 1 is 1.42 bits per heavy atom. The van der Waals surface area contributed by atoms with E-state index in [2.05, 4.69) is 15.5 Å². The van der Waals surface area contributed by atoms with Gasteiger partial charge in [0, 0.05) is 16.3 Å². The fourth-order valence-electron chi connectivity index (χ4n) is 1.66. The van der Waals surface area contributed by atoms with E-state index in [1.165, 1.54) is 0 Å². The number of rotatable bonds is 5. The lowest BCUT2D eigenvalue weighted by atomic mass is 10.1. The molecule has 0 aliphatic heterocycles. The van der Waals surface area contributed by atoms with Crippen LogP contribution in [-0.4, -0.2) is 32.9 Å². The second-order valence-corrected chi connectivity index (χ2v) is 4.81. The maximum Gasteiger partial charge on any atom is 0.184 e. The molecule has 0 atom stereocenters. The summed E-state index contributed by atoms with van der Waals surface area (Å²) in [4.78, 5) is 0. The Morgan fingerprint density at radius 3 is 2.89 bits per heavy atom. The molecule has 0 saturated carbocycles. The first kappa shape index (κ1) is 13.8. The van der Waals surface area contributed by atoms with Crippen LogP contribution in [0.15, 0.2) is 18.2 Å². The fourth-order valence-corrected chi connectivity index (χ4v) is 1.84. The van der Waals surface area contributed by atoms with E-state index >= 15 is 0 Å². The van der Waals surface area contributed by atoms with Crippen LogP contribution in [0.5, 0.6) is 0 Å². The molecule has 0 fully saturated rings. The van der Waals surface area contributed by atoms with Crippen LogP contribution in [0.4, 0.5) is 5.69 Å². The maximum absolute atomic E-state index is 5.93. The van der Waals surface area contributed by atoms with Gasteiger partial charge in [0.05, 0.1) is 19.3 Å². The van der Waals surface area contributed by atoms with Crippen LogP contribution in [-0.2, 0) is 11.3 Å². The number of nitrogens with zero attached hydrogens (tertiary/aromatic N) is 4. The van der Waals surface area contributed by atoms with Crippen molar-refractivity contribution in [3.63, 3.8) is 0 Å². The van der Waals surface area contributed by atoms with Crippen molar-refractivity contribution < 1.29 is 4.74 Å². The van der Waals surface area contributed by atoms with Crippen LogP contribution in [0.1, 0.15) is 13.8 Å². The lowest BCUT2D eigenvalue weighted by Crippen LogP contribution is -2.12. The van der Waals surface area contributed by atoms with E-state index < -0.39 is 0 Å². The molecule has 102 valence electrons. The topological polar surface area (TPSA) is 78.8 Å². The molecule has 19 heavy (non-hydrogen) atoms. The van der Waals surface area contributed by atoms with E-state index in [0.717, 1.165) is 5.56 Å². The normalized spacial score (nSPS) is 11.2. The van der Waals surface area contributed by atoms with E-state index in [0.29, 0.717) is 29.7 Å². The molecule has 0 unspecified atom stereocenters. The van der Waals surface area contributed by atoms with Gasteiger partial charge in [-0.05, 0) is 42.5 Å². The van der Waals surface area contributed by atoms with Crippen molar-refractivity contribution in [1.29, 1.82) is 0 Å². The highest BCUT2D eigenvalue weighted by molar-refractivity contribution is 6.31. The van der Waals surface area contributed by atoms with Crippen LogP contribution in [0, 0.1) is 0 Å². The summed E-state index contributed by atoms with van der Waals surface area (Å²) in [5.41, 5.74) is 7.25. The lowest BCUT2D eigenvalue weighted by Gasteiger charge is -2.09. The molecule has 1 aromatic heterocycles. The summed E-state index contributed by atoms with van der Waals surface area (Å²) >= 11 is 5.88. The van der Waals surface area contributed by atoms with Gasteiger partial charge in [0.2, 0.25) is 0 Å². The van der Waals surface area contributed by atoms with Gasteiger partial charge in [-0.2, -0.15) is 0 Å². The van der Waals surface area contributed by atoms with Gasteiger partial charge in [-0.15, -0.1) is 5.10 Å². The monoisotopic (exact) mass is 281 g/mol. The smallest absolute Gasteiger partial charge is 0.184 e. The van der Waals surface area contributed by atoms with E-state index in [1.807, 2.05) is 19.9 Å². The third-order valence-electron chi connectivity index (χ3n) is 2.54. The van der Waals surface area contributed by atoms with E-state index in [4.69, 9.17) is 22.1 Å². The van der Waals surface area contributed by atoms with Crippen LogP contribution in [0.25, 0.3) is 11.4 Å². The predicted octanol–water partition coefficient (Wildman–Crippen LogP) is 2.00. The molecule has 6 nitrogen and oxygen atoms in total. The van der Waals surface area contributed by atoms with Crippen molar-refractivity contribution in [3.8, 4) is 11.4 Å². The first-order chi connectivity index (χ1) is 9.08. The summed E-state index contributed by atoms with van der Waals surface area (Å²) in [6.45, 7) is 5.08. The zero-order valence-corrected chi connectivity index (χ0v) is 11.6. The summed E-state index contributed by atoms with van der Waals surface area (Å²) in [7, 11) is 0. The number of halogens is 1.